The summed E-state index contributed by atoms with van der Waals surface area (Å²) >= 11 is 7.62. The zero-order valence-electron chi connectivity index (χ0n) is 11.8. The lowest BCUT2D eigenvalue weighted by Crippen LogP contribution is -2.26. The fourth-order valence-corrected chi connectivity index (χ4v) is 3.63. The van der Waals surface area contributed by atoms with E-state index in [4.69, 9.17) is 17.3 Å². The van der Waals surface area contributed by atoms with Crippen molar-refractivity contribution in [1.29, 1.82) is 0 Å². The number of nitrogens with zero attached hydrogens (tertiary/aromatic N) is 2. The van der Waals surface area contributed by atoms with E-state index in [1.807, 2.05) is 18.2 Å². The number of hydrogen-bond acceptors (Lipinski definition) is 4. The van der Waals surface area contributed by atoms with Crippen LogP contribution < -0.4 is 5.73 Å². The summed E-state index contributed by atoms with van der Waals surface area (Å²) in [6.45, 7) is 3.06. The largest absolute Gasteiger partial charge is 0.375 e. The van der Waals surface area contributed by atoms with Crippen molar-refractivity contribution in [3.63, 3.8) is 0 Å². The van der Waals surface area contributed by atoms with Crippen molar-refractivity contribution in [3.05, 3.63) is 51.5 Å². The molecule has 2 N–H and O–H groups in total. The van der Waals surface area contributed by atoms with Crippen molar-refractivity contribution in [3.8, 4) is 0 Å². The molecule has 0 fully saturated rings. The molecular weight excluding hydrogens is 302 g/mol. The maximum absolute atomic E-state index is 5.99. The number of halogens is 1. The van der Waals surface area contributed by atoms with Gasteiger partial charge in [-0.15, -0.1) is 11.3 Å². The Morgan fingerprint density at radius 2 is 2.19 bits per heavy atom. The van der Waals surface area contributed by atoms with Gasteiger partial charge in [0.25, 0.3) is 0 Å². The van der Waals surface area contributed by atoms with Crippen molar-refractivity contribution in [2.75, 3.05) is 25.4 Å². The number of anilines is 1. The minimum atomic E-state index is 0.703. The third-order valence-corrected chi connectivity index (χ3v) is 4.86. The molecule has 1 aromatic heterocycles. The Kier molecular flexibility index (Phi) is 4.58. The molecule has 0 atom stereocenters. The molecule has 0 amide bonds. The molecule has 0 saturated heterocycles. The molecule has 2 aromatic rings. The van der Waals surface area contributed by atoms with E-state index < -0.39 is 0 Å². The van der Waals surface area contributed by atoms with Crippen LogP contribution in [-0.2, 0) is 12.8 Å². The highest BCUT2D eigenvalue weighted by Crippen LogP contribution is 2.24. The lowest BCUT2D eigenvalue weighted by molar-refractivity contribution is 0.318. The first-order valence-electron chi connectivity index (χ1n) is 7.09. The number of thiazole rings is 1. The fourth-order valence-electron chi connectivity index (χ4n) is 2.56. The molecule has 0 unspecified atom stereocenters. The summed E-state index contributed by atoms with van der Waals surface area (Å²) in [5.74, 6) is 0. The highest BCUT2D eigenvalue weighted by atomic mass is 35.5. The van der Waals surface area contributed by atoms with Crippen LogP contribution >= 0.6 is 22.9 Å². The predicted octanol–water partition coefficient (Wildman–Crippen LogP) is 3.49. The van der Waals surface area contributed by atoms with Crippen LogP contribution in [-0.4, -0.2) is 29.5 Å². The second kappa shape index (κ2) is 6.60. The molecule has 3 rings (SSSR count). The van der Waals surface area contributed by atoms with Gasteiger partial charge < -0.3 is 5.73 Å². The second-order valence-electron chi connectivity index (χ2n) is 5.18. The molecule has 2 heterocycles. The number of aromatic nitrogens is 1. The summed E-state index contributed by atoms with van der Waals surface area (Å²) < 4.78 is 0. The lowest BCUT2D eigenvalue weighted by atomic mass is 10.2. The summed E-state index contributed by atoms with van der Waals surface area (Å²) in [5.41, 5.74) is 8.11. The van der Waals surface area contributed by atoms with Crippen molar-refractivity contribution in [1.82, 2.24) is 9.88 Å². The van der Waals surface area contributed by atoms with Gasteiger partial charge in [0.05, 0.1) is 5.69 Å². The number of nitrogen functional groups attached to an aromatic ring is 1. The predicted molar refractivity (Wildman–Crippen MR) is 90.9 cm³/mol. The van der Waals surface area contributed by atoms with E-state index >= 15 is 0 Å². The molecule has 5 heteroatoms. The van der Waals surface area contributed by atoms with Crippen LogP contribution in [0.2, 0.25) is 5.02 Å². The Hall–Kier alpha value is -1.36. The van der Waals surface area contributed by atoms with Crippen LogP contribution in [0.15, 0.2) is 30.3 Å². The van der Waals surface area contributed by atoms with Crippen LogP contribution in [0.4, 0.5) is 5.13 Å². The molecule has 1 aliphatic rings. The molecular formula is C16H18ClN3S. The van der Waals surface area contributed by atoms with Crippen molar-refractivity contribution in [2.24, 2.45) is 0 Å². The van der Waals surface area contributed by atoms with E-state index in [1.165, 1.54) is 10.6 Å². The van der Waals surface area contributed by atoms with E-state index in [-0.39, 0.29) is 0 Å². The Morgan fingerprint density at radius 1 is 1.33 bits per heavy atom. The van der Waals surface area contributed by atoms with Gasteiger partial charge in [0.1, 0.15) is 0 Å². The molecule has 110 valence electrons. The molecule has 21 heavy (non-hydrogen) atoms. The van der Waals surface area contributed by atoms with Crippen molar-refractivity contribution in [2.45, 2.75) is 12.8 Å². The van der Waals surface area contributed by atoms with Gasteiger partial charge in [-0.25, -0.2) is 4.98 Å². The third kappa shape index (κ3) is 3.84. The van der Waals surface area contributed by atoms with Crippen molar-refractivity contribution < 1.29 is 0 Å². The Bertz CT molecular complexity index is 625. The van der Waals surface area contributed by atoms with Crippen LogP contribution in [0.1, 0.15) is 16.1 Å². The van der Waals surface area contributed by atoms with Crippen LogP contribution in [0.25, 0.3) is 6.08 Å². The normalized spacial score (nSPS) is 16.0. The SMILES string of the molecule is Nc1nc2c(s1)CCN(CC=Cc1cccc(Cl)c1)CC2. The molecule has 1 aromatic carbocycles. The summed E-state index contributed by atoms with van der Waals surface area (Å²) in [4.78, 5) is 8.23. The van der Waals surface area contributed by atoms with Gasteiger partial charge in [0.2, 0.25) is 0 Å². The van der Waals surface area contributed by atoms with Crippen LogP contribution in [0, 0.1) is 0 Å². The van der Waals surface area contributed by atoms with E-state index in [1.54, 1.807) is 11.3 Å². The molecule has 3 nitrogen and oxygen atoms in total. The number of rotatable bonds is 3. The summed E-state index contributed by atoms with van der Waals surface area (Å²) in [6.07, 6.45) is 6.37. The third-order valence-electron chi connectivity index (χ3n) is 3.64. The van der Waals surface area contributed by atoms with Gasteiger partial charge in [-0.2, -0.15) is 0 Å². The molecule has 0 spiro atoms. The molecule has 0 radical (unpaired) electrons. The topological polar surface area (TPSA) is 42.1 Å². The fraction of sp³-hybridized carbons (Fsp3) is 0.312. The minimum Gasteiger partial charge on any atom is -0.375 e. The minimum absolute atomic E-state index is 0.703. The Morgan fingerprint density at radius 3 is 3.05 bits per heavy atom. The average Bonchev–Trinajstić information content (AvgIpc) is 2.71. The van der Waals surface area contributed by atoms with Gasteiger partial charge in [-0.05, 0) is 24.1 Å². The molecule has 0 bridgehead atoms. The zero-order valence-corrected chi connectivity index (χ0v) is 13.3. The summed E-state index contributed by atoms with van der Waals surface area (Å²) in [7, 11) is 0. The maximum atomic E-state index is 5.99. The smallest absolute Gasteiger partial charge is 0.180 e. The second-order valence-corrected chi connectivity index (χ2v) is 6.73. The van der Waals surface area contributed by atoms with Gasteiger partial charge in [-0.1, -0.05) is 35.9 Å². The first kappa shape index (κ1) is 14.6. The highest BCUT2D eigenvalue weighted by Gasteiger charge is 2.16. The quantitative estimate of drug-likeness (QED) is 0.941. The Labute approximate surface area is 134 Å². The summed E-state index contributed by atoms with van der Waals surface area (Å²) in [5, 5.41) is 1.48. The zero-order chi connectivity index (χ0) is 14.7. The first-order valence-corrected chi connectivity index (χ1v) is 8.28. The number of fused-ring (bicyclic) bond motifs is 1. The monoisotopic (exact) mass is 319 g/mol. The van der Waals surface area contributed by atoms with Gasteiger partial charge >= 0.3 is 0 Å². The maximum Gasteiger partial charge on any atom is 0.180 e. The first-order chi connectivity index (χ1) is 10.2. The van der Waals surface area contributed by atoms with Crippen LogP contribution in [0.3, 0.4) is 0 Å². The molecule has 0 aliphatic carbocycles. The number of hydrogen-bond donors (Lipinski definition) is 1. The van der Waals surface area contributed by atoms with E-state index in [0.29, 0.717) is 5.13 Å². The van der Waals surface area contributed by atoms with E-state index in [9.17, 15) is 0 Å². The van der Waals surface area contributed by atoms with Gasteiger partial charge in [0, 0.05) is 36.0 Å². The van der Waals surface area contributed by atoms with E-state index in [0.717, 1.165) is 43.1 Å². The van der Waals surface area contributed by atoms with E-state index in [2.05, 4.69) is 28.1 Å². The van der Waals surface area contributed by atoms with Gasteiger partial charge in [0.15, 0.2) is 5.13 Å². The number of benzene rings is 1. The lowest BCUT2D eigenvalue weighted by Gasteiger charge is -2.17. The molecule has 1 aliphatic heterocycles. The van der Waals surface area contributed by atoms with Gasteiger partial charge in [-0.3, -0.25) is 4.90 Å². The Balaban J connectivity index is 1.56. The average molecular weight is 320 g/mol. The van der Waals surface area contributed by atoms with Crippen molar-refractivity contribution >= 4 is 34.1 Å². The standard InChI is InChI=1S/C16H18ClN3S/c17-13-5-1-3-12(11-13)4-2-8-20-9-6-14-15(7-10-20)21-16(18)19-14/h1-5,11H,6-10H2,(H2,18,19). The highest BCUT2D eigenvalue weighted by molar-refractivity contribution is 7.15. The number of nitrogens with two attached hydrogens (primary N) is 1. The summed E-state index contributed by atoms with van der Waals surface area (Å²) in [6, 6.07) is 7.91. The van der Waals surface area contributed by atoms with Crippen LogP contribution in [0.5, 0.6) is 0 Å². The molecule has 0 saturated carbocycles.